The van der Waals surface area contributed by atoms with Crippen molar-refractivity contribution in [3.8, 4) is 0 Å². The van der Waals surface area contributed by atoms with E-state index < -0.39 is 38.4 Å². The van der Waals surface area contributed by atoms with Crippen LogP contribution in [0.15, 0.2) is 23.1 Å². The zero-order chi connectivity index (χ0) is 19.9. The molecule has 0 aliphatic carbocycles. The van der Waals surface area contributed by atoms with Crippen molar-refractivity contribution in [3.63, 3.8) is 0 Å². The molecule has 0 saturated heterocycles. The lowest BCUT2D eigenvalue weighted by atomic mass is 10.1. The quantitative estimate of drug-likeness (QED) is 0.755. The maximum absolute atomic E-state index is 12.8. The van der Waals surface area contributed by atoms with Crippen LogP contribution < -0.4 is 4.72 Å². The summed E-state index contributed by atoms with van der Waals surface area (Å²) in [6.07, 6.45) is -10.3. The zero-order valence-corrected chi connectivity index (χ0v) is 14.9. The van der Waals surface area contributed by atoms with E-state index in [-0.39, 0.29) is 24.7 Å². The third-order valence-electron chi connectivity index (χ3n) is 3.29. The minimum absolute atomic E-state index is 0.129. The van der Waals surface area contributed by atoms with Gasteiger partial charge in [-0.25, -0.2) is 18.1 Å². The monoisotopic (exact) mass is 418 g/mol. The average Bonchev–Trinajstić information content (AvgIpc) is 2.81. The van der Waals surface area contributed by atoms with Gasteiger partial charge < -0.3 is 0 Å². The van der Waals surface area contributed by atoms with Crippen molar-refractivity contribution < 1.29 is 34.8 Å². The number of rotatable bonds is 4. The number of halogens is 6. The number of benzene rings is 1. The van der Waals surface area contributed by atoms with Gasteiger partial charge >= 0.3 is 12.4 Å². The molecule has 0 atom stereocenters. The fourth-order valence-electron chi connectivity index (χ4n) is 2.06. The van der Waals surface area contributed by atoms with E-state index in [9.17, 15) is 34.8 Å². The number of hydrogen-bond acceptors (Lipinski definition) is 4. The number of aromatic nitrogens is 1. The Morgan fingerprint density at radius 1 is 1.00 bits per heavy atom. The Labute approximate surface area is 148 Å². The summed E-state index contributed by atoms with van der Waals surface area (Å²) < 4.78 is 104. The molecule has 0 amide bonds. The van der Waals surface area contributed by atoms with Gasteiger partial charge in [0.15, 0.2) is 0 Å². The van der Waals surface area contributed by atoms with Crippen LogP contribution in [0.25, 0.3) is 0 Å². The summed E-state index contributed by atoms with van der Waals surface area (Å²) in [7, 11) is -4.60. The molecule has 2 aromatic rings. The highest BCUT2D eigenvalue weighted by Crippen LogP contribution is 2.37. The lowest BCUT2D eigenvalue weighted by Gasteiger charge is -2.14. The lowest BCUT2D eigenvalue weighted by Crippen LogP contribution is -2.24. The van der Waals surface area contributed by atoms with E-state index >= 15 is 0 Å². The molecular formula is C14H12F6N2O2S2. The number of nitrogens with zero attached hydrogens (tertiary/aromatic N) is 1. The Bertz CT molecular complexity index is 884. The predicted molar refractivity (Wildman–Crippen MR) is 82.1 cm³/mol. The zero-order valence-electron chi connectivity index (χ0n) is 13.3. The average molecular weight is 418 g/mol. The first-order chi connectivity index (χ1) is 11.7. The summed E-state index contributed by atoms with van der Waals surface area (Å²) in [6.45, 7) is 2.99. The van der Waals surface area contributed by atoms with E-state index in [0.29, 0.717) is 15.6 Å². The molecule has 4 nitrogen and oxygen atoms in total. The molecule has 0 radical (unpaired) electrons. The second kappa shape index (κ2) is 6.82. The minimum atomic E-state index is -5.13. The Balaban J connectivity index is 2.43. The first-order valence-corrected chi connectivity index (χ1v) is 9.22. The van der Waals surface area contributed by atoms with Gasteiger partial charge in [0.05, 0.1) is 26.7 Å². The van der Waals surface area contributed by atoms with Crippen molar-refractivity contribution in [3.05, 3.63) is 44.9 Å². The minimum Gasteiger partial charge on any atom is -0.247 e. The number of aryl methyl sites for hydroxylation is 2. The van der Waals surface area contributed by atoms with Crippen LogP contribution in [0.2, 0.25) is 0 Å². The number of sulfonamides is 1. The van der Waals surface area contributed by atoms with Crippen molar-refractivity contribution in [2.24, 2.45) is 0 Å². The van der Waals surface area contributed by atoms with Crippen LogP contribution in [0.4, 0.5) is 26.3 Å². The Morgan fingerprint density at radius 3 is 1.88 bits per heavy atom. The molecule has 2 rings (SSSR count). The molecule has 0 aliphatic heterocycles. The van der Waals surface area contributed by atoms with Gasteiger partial charge in [0.25, 0.3) is 0 Å². The number of hydrogen-bond donors (Lipinski definition) is 1. The second-order valence-corrected chi connectivity index (χ2v) is 8.36. The predicted octanol–water partition coefficient (Wildman–Crippen LogP) is 4.28. The molecule has 144 valence electrons. The highest BCUT2D eigenvalue weighted by Gasteiger charge is 2.38. The molecule has 1 aromatic carbocycles. The van der Waals surface area contributed by atoms with E-state index in [1.54, 1.807) is 13.8 Å². The lowest BCUT2D eigenvalue weighted by molar-refractivity contribution is -0.143. The summed E-state index contributed by atoms with van der Waals surface area (Å²) in [4.78, 5) is 3.46. The highest BCUT2D eigenvalue weighted by molar-refractivity contribution is 7.89. The molecule has 0 bridgehead atoms. The number of alkyl halides is 6. The van der Waals surface area contributed by atoms with Gasteiger partial charge in [-0.3, -0.25) is 0 Å². The highest BCUT2D eigenvalue weighted by atomic mass is 32.2. The normalized spacial score (nSPS) is 13.2. The van der Waals surface area contributed by atoms with Crippen molar-refractivity contribution in [2.75, 3.05) is 0 Å². The van der Waals surface area contributed by atoms with Crippen LogP contribution in [0, 0.1) is 13.8 Å². The summed E-state index contributed by atoms with van der Waals surface area (Å²) in [5, 5.41) is 0.648. The van der Waals surface area contributed by atoms with Gasteiger partial charge in [0, 0.05) is 11.4 Å². The van der Waals surface area contributed by atoms with Gasteiger partial charge in [0.1, 0.15) is 0 Å². The van der Waals surface area contributed by atoms with Crippen LogP contribution in [-0.2, 0) is 28.9 Å². The van der Waals surface area contributed by atoms with Crippen LogP contribution in [0.1, 0.15) is 26.7 Å². The Morgan fingerprint density at radius 2 is 1.50 bits per heavy atom. The van der Waals surface area contributed by atoms with Gasteiger partial charge in [-0.1, -0.05) is 0 Å². The summed E-state index contributed by atoms with van der Waals surface area (Å²) in [5.74, 6) is 0. The molecule has 1 heterocycles. The first kappa shape index (κ1) is 20.6. The molecule has 26 heavy (non-hydrogen) atoms. The molecule has 0 unspecified atom stereocenters. The van der Waals surface area contributed by atoms with E-state index in [1.165, 1.54) is 11.3 Å². The number of nitrogens with one attached hydrogen (secondary N) is 1. The fourth-order valence-corrected chi connectivity index (χ4v) is 4.10. The van der Waals surface area contributed by atoms with Crippen molar-refractivity contribution in [1.82, 2.24) is 9.71 Å². The van der Waals surface area contributed by atoms with E-state index in [0.717, 1.165) is 0 Å². The van der Waals surface area contributed by atoms with Gasteiger partial charge in [0.2, 0.25) is 10.0 Å². The smallest absolute Gasteiger partial charge is 0.247 e. The van der Waals surface area contributed by atoms with Crippen LogP contribution in [-0.4, -0.2) is 13.4 Å². The largest absolute Gasteiger partial charge is 0.416 e. The maximum atomic E-state index is 12.8. The van der Waals surface area contributed by atoms with Crippen LogP contribution in [0.3, 0.4) is 0 Å². The van der Waals surface area contributed by atoms with Gasteiger partial charge in [-0.2, -0.15) is 26.3 Å². The summed E-state index contributed by atoms with van der Waals surface area (Å²) in [6, 6.07) is 0.209. The molecule has 12 heteroatoms. The molecule has 0 saturated carbocycles. The van der Waals surface area contributed by atoms with E-state index in [1.807, 2.05) is 4.72 Å². The molecule has 1 aromatic heterocycles. The number of thiazole rings is 1. The van der Waals surface area contributed by atoms with Crippen molar-refractivity contribution in [1.29, 1.82) is 0 Å². The molecule has 0 spiro atoms. The molecule has 0 fully saturated rings. The van der Waals surface area contributed by atoms with Crippen molar-refractivity contribution in [2.45, 2.75) is 37.6 Å². The maximum Gasteiger partial charge on any atom is 0.416 e. The van der Waals surface area contributed by atoms with Crippen LogP contribution >= 0.6 is 11.3 Å². The van der Waals surface area contributed by atoms with E-state index in [4.69, 9.17) is 0 Å². The molecule has 0 aliphatic rings. The summed E-state index contributed by atoms with van der Waals surface area (Å²) in [5.41, 5.74) is -2.87. The third-order valence-corrected chi connectivity index (χ3v) is 5.75. The second-order valence-electron chi connectivity index (χ2n) is 5.31. The SMILES string of the molecule is Cc1nc(C)c(CNS(=O)(=O)c2cc(C(F)(F)F)cc(C(F)(F)F)c2)s1. The fraction of sp³-hybridized carbons (Fsp3) is 0.357. The summed E-state index contributed by atoms with van der Waals surface area (Å²) >= 11 is 1.17. The third kappa shape index (κ3) is 4.74. The van der Waals surface area contributed by atoms with Crippen LogP contribution in [0.5, 0.6) is 0 Å². The Hall–Kier alpha value is -1.66. The van der Waals surface area contributed by atoms with Gasteiger partial charge in [-0.15, -0.1) is 11.3 Å². The first-order valence-electron chi connectivity index (χ1n) is 6.92. The van der Waals surface area contributed by atoms with Crippen molar-refractivity contribution >= 4 is 21.4 Å². The standard InChI is InChI=1S/C14H12F6N2O2S2/c1-7-12(25-8(2)22-7)6-21-26(23,24)11-4-9(13(15,16)17)3-10(5-11)14(18,19)20/h3-5,21H,6H2,1-2H3. The Kier molecular flexibility index (Phi) is 5.41. The topological polar surface area (TPSA) is 59.1 Å². The molecular weight excluding hydrogens is 406 g/mol. The van der Waals surface area contributed by atoms with E-state index in [2.05, 4.69) is 4.98 Å². The molecule has 1 N–H and O–H groups in total. The van der Waals surface area contributed by atoms with Gasteiger partial charge in [-0.05, 0) is 32.0 Å².